The van der Waals surface area contributed by atoms with Gasteiger partial charge in [-0.05, 0) is 31.2 Å². The Morgan fingerprint density at radius 2 is 1.95 bits per heavy atom. The summed E-state index contributed by atoms with van der Waals surface area (Å²) in [5.74, 6) is -0.502. The highest BCUT2D eigenvalue weighted by molar-refractivity contribution is 5.97. The molecule has 6 nitrogen and oxygen atoms in total. The maximum atomic E-state index is 12.0. The van der Waals surface area contributed by atoms with Gasteiger partial charge in [-0.1, -0.05) is 11.6 Å². The lowest BCUT2D eigenvalue weighted by atomic mass is 10.1. The van der Waals surface area contributed by atoms with Crippen LogP contribution >= 0.6 is 0 Å². The molecule has 1 amide bonds. The molecule has 0 bridgehead atoms. The molecule has 110 valence electrons. The van der Waals surface area contributed by atoms with Gasteiger partial charge in [-0.25, -0.2) is 0 Å². The summed E-state index contributed by atoms with van der Waals surface area (Å²) in [5.41, 5.74) is 2.56. The fraction of sp³-hybridized carbons (Fsp3) is 0.125. The van der Waals surface area contributed by atoms with E-state index in [1.807, 2.05) is 25.1 Å². The monoisotopic (exact) mass is 294 g/mol. The number of rotatable bonds is 2. The quantitative estimate of drug-likeness (QED) is 0.734. The minimum absolute atomic E-state index is 0.0214. The summed E-state index contributed by atoms with van der Waals surface area (Å²) < 4.78 is 1.61. The Hall–Kier alpha value is -3.02. The van der Waals surface area contributed by atoms with Crippen LogP contribution in [-0.4, -0.2) is 20.6 Å². The summed E-state index contributed by atoms with van der Waals surface area (Å²) in [7, 11) is 1.73. The molecule has 0 saturated carbocycles. The second-order valence-corrected chi connectivity index (χ2v) is 4.99. The first-order valence-electron chi connectivity index (χ1n) is 6.72. The average molecular weight is 294 g/mol. The number of hydrogen-bond acceptors (Lipinski definition) is 4. The number of carbonyl (C=O) groups excluding carboxylic acids is 1. The molecule has 22 heavy (non-hydrogen) atoms. The van der Waals surface area contributed by atoms with Crippen LogP contribution in [0.5, 0.6) is 5.88 Å². The van der Waals surface area contributed by atoms with Gasteiger partial charge in [-0.3, -0.25) is 9.78 Å². The van der Waals surface area contributed by atoms with Crippen molar-refractivity contribution in [3.63, 3.8) is 0 Å². The molecule has 0 fully saturated rings. The van der Waals surface area contributed by atoms with E-state index in [-0.39, 0.29) is 5.88 Å². The van der Waals surface area contributed by atoms with Gasteiger partial charge in [-0.2, -0.15) is 0 Å². The molecular weight excluding hydrogens is 280 g/mol. The summed E-state index contributed by atoms with van der Waals surface area (Å²) >= 11 is 0. The lowest BCUT2D eigenvalue weighted by Crippen LogP contribution is -1.92. The van der Waals surface area contributed by atoms with Crippen molar-refractivity contribution in [2.45, 2.75) is 6.92 Å². The third-order valence-electron chi connectivity index (χ3n) is 3.47. The molecule has 3 aromatic rings. The summed E-state index contributed by atoms with van der Waals surface area (Å²) in [6.45, 7) is 1.95. The molecule has 0 spiro atoms. The van der Waals surface area contributed by atoms with Crippen molar-refractivity contribution in [2.75, 3.05) is 0 Å². The van der Waals surface area contributed by atoms with Crippen molar-refractivity contribution in [3.05, 3.63) is 53.9 Å². The molecule has 1 aromatic carbocycles. The number of carbonyl (C=O) groups is 1. The molecule has 0 aliphatic heterocycles. The number of azo groups is 1. The van der Waals surface area contributed by atoms with E-state index in [0.717, 1.165) is 16.5 Å². The van der Waals surface area contributed by atoms with Gasteiger partial charge in [-0.15, -0.1) is 10.2 Å². The van der Waals surface area contributed by atoms with Gasteiger partial charge >= 0.3 is 0 Å². The first-order valence-corrected chi connectivity index (χ1v) is 6.72. The molecule has 0 atom stereocenters. The van der Waals surface area contributed by atoms with Gasteiger partial charge in [0.1, 0.15) is 0 Å². The van der Waals surface area contributed by atoms with Crippen molar-refractivity contribution >= 4 is 22.5 Å². The molecule has 2 aromatic heterocycles. The van der Waals surface area contributed by atoms with Crippen molar-refractivity contribution in [1.29, 1.82) is 0 Å². The van der Waals surface area contributed by atoms with E-state index in [2.05, 4.69) is 15.2 Å². The van der Waals surface area contributed by atoms with Gasteiger partial charge in [0.2, 0.25) is 5.88 Å². The number of benzene rings is 1. The third kappa shape index (κ3) is 2.35. The van der Waals surface area contributed by atoms with Crippen LogP contribution in [0.15, 0.2) is 53.0 Å². The Kier molecular flexibility index (Phi) is 3.42. The molecule has 0 aliphatic carbocycles. The topological polar surface area (TPSA) is 79.8 Å². The van der Waals surface area contributed by atoms with Crippen LogP contribution in [0.25, 0.3) is 10.9 Å². The summed E-state index contributed by atoms with van der Waals surface area (Å²) in [6.07, 6.45) is 3.03. The Morgan fingerprint density at radius 3 is 2.68 bits per heavy atom. The van der Waals surface area contributed by atoms with Crippen LogP contribution in [0, 0.1) is 6.92 Å². The largest absolute Gasteiger partial charge is 0.493 e. The van der Waals surface area contributed by atoms with Gasteiger partial charge in [0.15, 0.2) is 5.69 Å². The van der Waals surface area contributed by atoms with Crippen LogP contribution in [0.1, 0.15) is 15.9 Å². The van der Waals surface area contributed by atoms with E-state index >= 15 is 0 Å². The SMILES string of the molecule is Cc1ccc2c(c1)c(N=NC(=O)c1ccncc1)c(O)n2C. The molecule has 0 radical (unpaired) electrons. The number of fused-ring (bicyclic) bond motifs is 1. The molecule has 0 aliphatic rings. The molecule has 0 saturated heterocycles. The zero-order valence-corrected chi connectivity index (χ0v) is 12.2. The maximum Gasteiger partial charge on any atom is 0.295 e. The summed E-state index contributed by atoms with van der Waals surface area (Å²) in [4.78, 5) is 15.8. The fourth-order valence-corrected chi connectivity index (χ4v) is 2.27. The van der Waals surface area contributed by atoms with Crippen molar-refractivity contribution in [1.82, 2.24) is 9.55 Å². The Morgan fingerprint density at radius 1 is 1.23 bits per heavy atom. The Balaban J connectivity index is 2.04. The lowest BCUT2D eigenvalue weighted by Gasteiger charge is -1.96. The van der Waals surface area contributed by atoms with Gasteiger partial charge < -0.3 is 9.67 Å². The normalized spacial score (nSPS) is 11.4. The minimum Gasteiger partial charge on any atom is -0.493 e. The first kappa shape index (κ1) is 13.9. The highest BCUT2D eigenvalue weighted by Crippen LogP contribution is 2.38. The van der Waals surface area contributed by atoms with Crippen LogP contribution in [0.3, 0.4) is 0 Å². The molecule has 3 rings (SSSR count). The lowest BCUT2D eigenvalue weighted by molar-refractivity contribution is 0.0995. The predicted octanol–water partition coefficient (Wildman–Crippen LogP) is 3.51. The first-order chi connectivity index (χ1) is 10.6. The number of hydrogen-bond donors (Lipinski definition) is 1. The van der Waals surface area contributed by atoms with Crippen molar-refractivity contribution in [3.8, 4) is 5.88 Å². The Labute approximate surface area is 126 Å². The summed E-state index contributed by atoms with van der Waals surface area (Å²) in [5, 5.41) is 18.6. The molecule has 1 N–H and O–H groups in total. The van der Waals surface area contributed by atoms with Crippen molar-refractivity contribution < 1.29 is 9.90 Å². The van der Waals surface area contributed by atoms with Gasteiger partial charge in [0.25, 0.3) is 5.91 Å². The van der Waals surface area contributed by atoms with Gasteiger partial charge in [0.05, 0.1) is 5.52 Å². The van der Waals surface area contributed by atoms with Crippen LogP contribution in [0.2, 0.25) is 0 Å². The molecule has 2 heterocycles. The average Bonchev–Trinajstić information content (AvgIpc) is 2.77. The number of pyridine rings is 1. The number of nitrogens with zero attached hydrogens (tertiary/aromatic N) is 4. The molecule has 0 unspecified atom stereocenters. The number of aromatic nitrogens is 2. The van der Waals surface area contributed by atoms with E-state index < -0.39 is 5.91 Å². The Bertz CT molecular complexity index is 882. The fourth-order valence-electron chi connectivity index (χ4n) is 2.27. The van der Waals surface area contributed by atoms with Crippen molar-refractivity contribution in [2.24, 2.45) is 17.3 Å². The van der Waals surface area contributed by atoms with Crippen LogP contribution in [-0.2, 0) is 7.05 Å². The highest BCUT2D eigenvalue weighted by atomic mass is 16.3. The van der Waals surface area contributed by atoms with E-state index in [0.29, 0.717) is 11.3 Å². The summed E-state index contributed by atoms with van der Waals surface area (Å²) in [6, 6.07) is 8.88. The zero-order chi connectivity index (χ0) is 15.7. The van der Waals surface area contributed by atoms with E-state index in [9.17, 15) is 9.90 Å². The molecule has 6 heteroatoms. The third-order valence-corrected chi connectivity index (χ3v) is 3.47. The van der Waals surface area contributed by atoms with Crippen LogP contribution < -0.4 is 0 Å². The second kappa shape index (κ2) is 5.40. The van der Waals surface area contributed by atoms with E-state index in [4.69, 9.17) is 0 Å². The number of aromatic hydroxyl groups is 1. The second-order valence-electron chi connectivity index (χ2n) is 4.99. The zero-order valence-electron chi connectivity index (χ0n) is 12.2. The van der Waals surface area contributed by atoms with Crippen LogP contribution in [0.4, 0.5) is 5.69 Å². The highest BCUT2D eigenvalue weighted by Gasteiger charge is 2.15. The standard InChI is InChI=1S/C16H14N4O2/c1-10-3-4-13-12(9-10)14(16(22)20(13)2)18-19-15(21)11-5-7-17-8-6-11/h3-9,22H,1-2H3. The minimum atomic E-state index is -0.480. The number of aryl methyl sites for hydroxylation is 2. The van der Waals surface area contributed by atoms with Gasteiger partial charge in [0, 0.05) is 30.4 Å². The number of amides is 1. The van der Waals surface area contributed by atoms with E-state index in [1.54, 1.807) is 23.7 Å². The smallest absolute Gasteiger partial charge is 0.295 e. The predicted molar refractivity (Wildman–Crippen MR) is 82.4 cm³/mol. The maximum absolute atomic E-state index is 12.0. The molecular formula is C16H14N4O2. The van der Waals surface area contributed by atoms with E-state index in [1.165, 1.54) is 12.4 Å².